The zero-order chi connectivity index (χ0) is 15.1. The van der Waals surface area contributed by atoms with Crippen LogP contribution in [0.5, 0.6) is 0 Å². The minimum absolute atomic E-state index is 0.115. The Morgan fingerprint density at radius 2 is 2.10 bits per heavy atom. The summed E-state index contributed by atoms with van der Waals surface area (Å²) in [5.74, 6) is -1.57. The summed E-state index contributed by atoms with van der Waals surface area (Å²) in [5.41, 5.74) is 0.705. The molecular formula is C13H13Cl2NO4. The van der Waals surface area contributed by atoms with Crippen LogP contribution in [0.2, 0.25) is 10.0 Å². The van der Waals surface area contributed by atoms with Crippen LogP contribution in [0.1, 0.15) is 5.56 Å². The quantitative estimate of drug-likeness (QED) is 0.789. The number of hydrogen-bond acceptors (Lipinski definition) is 3. The van der Waals surface area contributed by atoms with Crippen molar-refractivity contribution in [1.82, 2.24) is 5.32 Å². The van der Waals surface area contributed by atoms with E-state index in [1.54, 1.807) is 24.3 Å². The number of nitrogens with one attached hydrogen (secondary N) is 1. The maximum Gasteiger partial charge on any atom is 0.334 e. The van der Waals surface area contributed by atoms with E-state index in [4.69, 9.17) is 28.3 Å². The number of rotatable bonds is 6. The number of hydrogen-bond donors (Lipinski definition) is 2. The molecule has 5 nitrogen and oxygen atoms in total. The molecule has 0 aromatic heterocycles. The molecule has 0 aliphatic heterocycles. The molecule has 1 rings (SSSR count). The van der Waals surface area contributed by atoms with Crippen LogP contribution in [0.3, 0.4) is 0 Å². The number of methoxy groups -OCH3 is 1. The molecule has 1 aromatic carbocycles. The normalized spacial score (nSPS) is 12.3. The van der Waals surface area contributed by atoms with Crippen molar-refractivity contribution in [3.63, 3.8) is 0 Å². The fraction of sp³-hybridized carbons (Fsp3) is 0.231. The molecule has 1 unspecified atom stereocenters. The third-order valence-electron chi connectivity index (χ3n) is 2.39. The van der Waals surface area contributed by atoms with Gasteiger partial charge in [0.05, 0.1) is 16.6 Å². The summed E-state index contributed by atoms with van der Waals surface area (Å²) in [5, 5.41) is 12.0. The van der Waals surface area contributed by atoms with Crippen molar-refractivity contribution in [1.29, 1.82) is 0 Å². The van der Waals surface area contributed by atoms with E-state index in [9.17, 15) is 9.59 Å². The van der Waals surface area contributed by atoms with Gasteiger partial charge in [-0.25, -0.2) is 4.79 Å². The van der Waals surface area contributed by atoms with E-state index < -0.39 is 18.0 Å². The molecule has 0 fully saturated rings. The van der Waals surface area contributed by atoms with Gasteiger partial charge in [-0.1, -0.05) is 29.3 Å². The highest BCUT2D eigenvalue weighted by molar-refractivity contribution is 6.42. The van der Waals surface area contributed by atoms with E-state index >= 15 is 0 Å². The summed E-state index contributed by atoms with van der Waals surface area (Å²) in [6, 6.07) is 4.93. The third-order valence-corrected chi connectivity index (χ3v) is 3.13. The van der Waals surface area contributed by atoms with Gasteiger partial charge in [0.1, 0.15) is 0 Å². The number of carbonyl (C=O) groups is 2. The minimum atomic E-state index is -1.14. The lowest BCUT2D eigenvalue weighted by atomic mass is 10.2. The van der Waals surface area contributed by atoms with Crippen LogP contribution in [0.25, 0.3) is 6.08 Å². The molecule has 0 heterocycles. The van der Waals surface area contributed by atoms with Gasteiger partial charge < -0.3 is 15.2 Å². The SMILES string of the molecule is COC(CNC(=O)/C=C/c1ccc(Cl)c(Cl)c1)C(=O)O. The van der Waals surface area contributed by atoms with Gasteiger partial charge in [0, 0.05) is 13.2 Å². The highest BCUT2D eigenvalue weighted by atomic mass is 35.5. The van der Waals surface area contributed by atoms with Gasteiger partial charge >= 0.3 is 5.97 Å². The van der Waals surface area contributed by atoms with Gasteiger partial charge in [-0.15, -0.1) is 0 Å². The van der Waals surface area contributed by atoms with Gasteiger partial charge in [-0.05, 0) is 23.8 Å². The van der Waals surface area contributed by atoms with Crippen LogP contribution in [0.4, 0.5) is 0 Å². The van der Waals surface area contributed by atoms with Crippen LogP contribution >= 0.6 is 23.2 Å². The van der Waals surface area contributed by atoms with Crippen molar-refractivity contribution in [3.8, 4) is 0 Å². The van der Waals surface area contributed by atoms with E-state index in [0.717, 1.165) is 0 Å². The molecule has 0 aliphatic carbocycles. The van der Waals surface area contributed by atoms with Crippen LogP contribution in [-0.4, -0.2) is 36.7 Å². The van der Waals surface area contributed by atoms with Crippen molar-refractivity contribution in [2.75, 3.05) is 13.7 Å². The van der Waals surface area contributed by atoms with E-state index in [1.165, 1.54) is 13.2 Å². The number of benzene rings is 1. The Balaban J connectivity index is 2.55. The molecule has 0 radical (unpaired) electrons. The van der Waals surface area contributed by atoms with Gasteiger partial charge in [-0.3, -0.25) is 4.79 Å². The molecule has 1 amide bonds. The monoisotopic (exact) mass is 317 g/mol. The highest BCUT2D eigenvalue weighted by Gasteiger charge is 2.16. The number of carboxylic acids is 1. The van der Waals surface area contributed by atoms with E-state index in [2.05, 4.69) is 10.1 Å². The molecule has 1 atom stereocenters. The zero-order valence-corrected chi connectivity index (χ0v) is 12.1. The van der Waals surface area contributed by atoms with Crippen molar-refractivity contribution in [2.24, 2.45) is 0 Å². The Hall–Kier alpha value is -1.56. The lowest BCUT2D eigenvalue weighted by Gasteiger charge is -2.10. The number of amides is 1. The van der Waals surface area contributed by atoms with Crippen LogP contribution in [0, 0.1) is 0 Å². The molecule has 7 heteroatoms. The summed E-state index contributed by atoms with van der Waals surface area (Å²) in [7, 11) is 1.26. The first-order valence-corrected chi connectivity index (χ1v) is 6.36. The zero-order valence-electron chi connectivity index (χ0n) is 10.6. The second kappa shape index (κ2) is 7.89. The number of halogens is 2. The third kappa shape index (κ3) is 5.21. The fourth-order valence-corrected chi connectivity index (χ4v) is 1.62. The predicted octanol–water partition coefficient (Wildman–Crippen LogP) is 2.22. The molecule has 20 heavy (non-hydrogen) atoms. The smallest absolute Gasteiger partial charge is 0.334 e. The Kier molecular flexibility index (Phi) is 6.51. The predicted molar refractivity (Wildman–Crippen MR) is 76.9 cm³/mol. The van der Waals surface area contributed by atoms with Crippen LogP contribution in [0.15, 0.2) is 24.3 Å². The van der Waals surface area contributed by atoms with Crippen molar-refractivity contribution < 1.29 is 19.4 Å². The maximum atomic E-state index is 11.5. The number of carboxylic acid groups (broad SMARTS) is 1. The standard InChI is InChI=1S/C13H13Cl2NO4/c1-20-11(13(18)19)7-16-12(17)5-3-8-2-4-9(14)10(15)6-8/h2-6,11H,7H2,1H3,(H,16,17)(H,18,19)/b5-3+. The number of aliphatic carboxylic acids is 1. The fourth-order valence-electron chi connectivity index (χ4n) is 1.31. The molecule has 108 valence electrons. The Morgan fingerprint density at radius 1 is 1.40 bits per heavy atom. The second-order valence-electron chi connectivity index (χ2n) is 3.81. The van der Waals surface area contributed by atoms with Crippen LogP contribution in [-0.2, 0) is 14.3 Å². The van der Waals surface area contributed by atoms with E-state index in [1.807, 2.05) is 0 Å². The van der Waals surface area contributed by atoms with E-state index in [-0.39, 0.29) is 6.54 Å². The largest absolute Gasteiger partial charge is 0.479 e. The Labute approximate surface area is 126 Å². The minimum Gasteiger partial charge on any atom is -0.479 e. The molecule has 0 saturated carbocycles. The van der Waals surface area contributed by atoms with Crippen molar-refractivity contribution >= 4 is 41.2 Å². The lowest BCUT2D eigenvalue weighted by molar-refractivity contribution is -0.148. The van der Waals surface area contributed by atoms with Crippen molar-refractivity contribution in [3.05, 3.63) is 39.9 Å². The molecule has 2 N–H and O–H groups in total. The summed E-state index contributed by atoms with van der Waals surface area (Å²) < 4.78 is 4.68. The molecule has 0 saturated heterocycles. The average Bonchev–Trinajstić information content (AvgIpc) is 2.40. The summed E-state index contributed by atoms with van der Waals surface area (Å²) in [4.78, 5) is 22.2. The van der Waals surface area contributed by atoms with Crippen LogP contribution < -0.4 is 5.32 Å². The van der Waals surface area contributed by atoms with Gasteiger partial charge in [0.15, 0.2) is 6.10 Å². The van der Waals surface area contributed by atoms with E-state index in [0.29, 0.717) is 15.6 Å². The first-order valence-electron chi connectivity index (χ1n) is 5.60. The average molecular weight is 318 g/mol. The summed E-state index contributed by atoms with van der Waals surface area (Å²) in [6.07, 6.45) is 1.74. The number of ether oxygens (including phenoxy) is 1. The highest BCUT2D eigenvalue weighted by Crippen LogP contribution is 2.22. The molecule has 0 aliphatic rings. The van der Waals surface area contributed by atoms with Gasteiger partial charge in [0.25, 0.3) is 0 Å². The van der Waals surface area contributed by atoms with Crippen molar-refractivity contribution in [2.45, 2.75) is 6.10 Å². The molecule has 1 aromatic rings. The molecular weight excluding hydrogens is 305 g/mol. The number of carbonyl (C=O) groups excluding carboxylic acids is 1. The first kappa shape index (κ1) is 16.5. The second-order valence-corrected chi connectivity index (χ2v) is 4.63. The maximum absolute atomic E-state index is 11.5. The first-order chi connectivity index (χ1) is 9.43. The lowest BCUT2D eigenvalue weighted by Crippen LogP contribution is -2.37. The van der Waals surface area contributed by atoms with Gasteiger partial charge in [-0.2, -0.15) is 0 Å². The molecule has 0 spiro atoms. The topological polar surface area (TPSA) is 75.6 Å². The molecule has 0 bridgehead atoms. The van der Waals surface area contributed by atoms with Gasteiger partial charge in [0.2, 0.25) is 5.91 Å². The Morgan fingerprint density at radius 3 is 2.65 bits per heavy atom. The Bertz CT molecular complexity index is 531. The summed E-state index contributed by atoms with van der Waals surface area (Å²) >= 11 is 11.6. The summed E-state index contributed by atoms with van der Waals surface area (Å²) in [6.45, 7) is -0.115.